The van der Waals surface area contributed by atoms with Crippen LogP contribution in [0.3, 0.4) is 0 Å². The Morgan fingerprint density at radius 2 is 2.09 bits per heavy atom. The predicted octanol–water partition coefficient (Wildman–Crippen LogP) is 2.30. The Labute approximate surface area is 200 Å². The molecule has 0 atom stereocenters. The monoisotopic (exact) mass is 492 g/mol. The molecule has 35 heavy (non-hydrogen) atoms. The van der Waals surface area contributed by atoms with Gasteiger partial charge in [0.05, 0.1) is 23.2 Å². The van der Waals surface area contributed by atoms with Gasteiger partial charge in [0, 0.05) is 53.6 Å². The number of nitrogens with one attached hydrogen (secondary N) is 2. The van der Waals surface area contributed by atoms with Crippen LogP contribution in [-0.2, 0) is 11.3 Å². The minimum atomic E-state index is -4.68. The van der Waals surface area contributed by atoms with Crippen molar-refractivity contribution in [2.24, 2.45) is 0 Å². The average molecular weight is 493 g/mol. The molecule has 0 saturated heterocycles. The van der Waals surface area contributed by atoms with Gasteiger partial charge >= 0.3 is 6.18 Å². The number of hydrogen-bond donors (Lipinski definition) is 2. The lowest BCUT2D eigenvalue weighted by atomic mass is 9.99. The summed E-state index contributed by atoms with van der Waals surface area (Å²) in [6.07, 6.45) is 1.81. The number of halogens is 4. The second kappa shape index (κ2) is 10.9. The second-order valence-electron chi connectivity index (χ2n) is 8.43. The molecule has 0 bridgehead atoms. The maximum Gasteiger partial charge on any atom is 0.417 e. The third kappa shape index (κ3) is 6.36. The summed E-state index contributed by atoms with van der Waals surface area (Å²) in [5.74, 6) is -0.276. The van der Waals surface area contributed by atoms with Gasteiger partial charge in [0.2, 0.25) is 5.91 Å². The van der Waals surface area contributed by atoms with E-state index in [9.17, 15) is 22.4 Å². The van der Waals surface area contributed by atoms with E-state index in [1.165, 1.54) is 24.1 Å². The summed E-state index contributed by atoms with van der Waals surface area (Å²) in [6, 6.07) is 1.66. The molecule has 2 heterocycles. The van der Waals surface area contributed by atoms with E-state index in [1.54, 1.807) is 12.1 Å². The minimum absolute atomic E-state index is 0.0488. The highest BCUT2D eigenvalue weighted by molar-refractivity contribution is 5.75. The zero-order valence-corrected chi connectivity index (χ0v) is 19.8. The highest BCUT2D eigenvalue weighted by Crippen LogP contribution is 2.30. The molecule has 0 radical (unpaired) electrons. The lowest BCUT2D eigenvalue weighted by Gasteiger charge is -2.19. The normalized spacial score (nSPS) is 13.9. The standard InChI is InChI=1S/C24H28F4N6O/c1-15(24(26,27)28)23-18-6-5-7-20(31-17(11-25)8-9-33(3)4)19(18)10-21(32-23)16-12-30-34(13-16)14-22(35)29-2/h6,10-13,31H,1,5,7-9,14H2,2-4H3,(H,29,35)/b17-11-. The Balaban J connectivity index is 2.16. The fourth-order valence-corrected chi connectivity index (χ4v) is 3.64. The fourth-order valence-electron chi connectivity index (χ4n) is 3.64. The molecule has 188 valence electrons. The maximum absolute atomic E-state index is 13.7. The molecule has 11 heteroatoms. The van der Waals surface area contributed by atoms with Crippen molar-refractivity contribution >= 4 is 23.3 Å². The van der Waals surface area contributed by atoms with Gasteiger partial charge in [0.1, 0.15) is 12.9 Å². The van der Waals surface area contributed by atoms with Gasteiger partial charge in [-0.15, -0.1) is 0 Å². The zero-order valence-electron chi connectivity index (χ0n) is 19.8. The summed E-state index contributed by atoms with van der Waals surface area (Å²) in [7, 11) is 5.22. The largest absolute Gasteiger partial charge is 0.417 e. The van der Waals surface area contributed by atoms with Gasteiger partial charge < -0.3 is 15.5 Å². The first kappa shape index (κ1) is 26.1. The van der Waals surface area contributed by atoms with Crippen molar-refractivity contribution in [1.82, 2.24) is 30.3 Å². The van der Waals surface area contributed by atoms with Crippen LogP contribution in [0.1, 0.15) is 25.0 Å². The molecule has 3 rings (SSSR count). The number of likely N-dealkylation sites (N-methyl/N-ethyl adjacent to an activating group) is 1. The number of fused-ring (bicyclic) bond motifs is 1. The first-order valence-corrected chi connectivity index (χ1v) is 11.0. The van der Waals surface area contributed by atoms with Crippen molar-refractivity contribution in [2.75, 3.05) is 27.7 Å². The van der Waals surface area contributed by atoms with Crippen LogP contribution < -0.4 is 21.1 Å². The molecule has 2 aromatic rings. The first-order valence-electron chi connectivity index (χ1n) is 11.0. The second-order valence-corrected chi connectivity index (χ2v) is 8.43. The van der Waals surface area contributed by atoms with Crippen LogP contribution in [0.4, 0.5) is 17.6 Å². The van der Waals surface area contributed by atoms with E-state index in [0.717, 1.165) is 0 Å². The number of amides is 1. The third-order valence-electron chi connectivity index (χ3n) is 5.54. The van der Waals surface area contributed by atoms with Crippen molar-refractivity contribution in [1.29, 1.82) is 0 Å². The average Bonchev–Trinajstić information content (AvgIpc) is 3.28. The van der Waals surface area contributed by atoms with E-state index >= 15 is 0 Å². The smallest absolute Gasteiger partial charge is 0.360 e. The van der Waals surface area contributed by atoms with Crippen molar-refractivity contribution in [3.63, 3.8) is 0 Å². The number of aromatic nitrogens is 3. The van der Waals surface area contributed by atoms with E-state index in [1.807, 2.05) is 19.0 Å². The third-order valence-corrected chi connectivity index (χ3v) is 5.54. The lowest BCUT2D eigenvalue weighted by Crippen LogP contribution is -2.39. The Bertz CT molecular complexity index is 1260. The van der Waals surface area contributed by atoms with Gasteiger partial charge in [-0.05, 0) is 33.0 Å². The summed E-state index contributed by atoms with van der Waals surface area (Å²) >= 11 is 0. The molecule has 7 nitrogen and oxygen atoms in total. The molecule has 0 aliphatic heterocycles. The van der Waals surface area contributed by atoms with Gasteiger partial charge in [0.25, 0.3) is 0 Å². The van der Waals surface area contributed by atoms with Gasteiger partial charge in [-0.2, -0.15) is 18.3 Å². The van der Waals surface area contributed by atoms with Crippen LogP contribution in [0.15, 0.2) is 37.1 Å². The molecule has 0 aromatic carbocycles. The number of carbonyl (C=O) groups is 1. The molecular formula is C24H28F4N6O. The summed E-state index contributed by atoms with van der Waals surface area (Å²) in [5, 5.41) is 10.5. The molecule has 2 aromatic heterocycles. The zero-order chi connectivity index (χ0) is 25.8. The quantitative estimate of drug-likeness (QED) is 0.526. The molecule has 0 spiro atoms. The van der Waals surface area contributed by atoms with Crippen LogP contribution >= 0.6 is 0 Å². The van der Waals surface area contributed by atoms with Crippen LogP contribution in [0, 0.1) is 0 Å². The van der Waals surface area contributed by atoms with Crippen molar-refractivity contribution in [3.8, 4) is 11.3 Å². The Morgan fingerprint density at radius 1 is 1.34 bits per heavy atom. The van der Waals surface area contributed by atoms with Crippen molar-refractivity contribution < 1.29 is 22.4 Å². The minimum Gasteiger partial charge on any atom is -0.360 e. The van der Waals surface area contributed by atoms with Crippen molar-refractivity contribution in [3.05, 3.63) is 53.2 Å². The lowest BCUT2D eigenvalue weighted by molar-refractivity contribution is -0.121. The van der Waals surface area contributed by atoms with Gasteiger partial charge in [0.15, 0.2) is 0 Å². The molecule has 0 fully saturated rings. The number of alkyl halides is 3. The maximum atomic E-state index is 13.7. The first-order chi connectivity index (χ1) is 16.5. The molecular weight excluding hydrogens is 464 g/mol. The van der Waals surface area contributed by atoms with E-state index in [4.69, 9.17) is 0 Å². The molecule has 2 N–H and O–H groups in total. The van der Waals surface area contributed by atoms with Crippen LogP contribution in [0.25, 0.3) is 28.6 Å². The Hall–Kier alpha value is -3.47. The Kier molecular flexibility index (Phi) is 8.11. The number of hydrogen-bond acceptors (Lipinski definition) is 5. The number of rotatable bonds is 9. The molecule has 0 saturated carbocycles. The Morgan fingerprint density at radius 3 is 2.71 bits per heavy atom. The number of allylic oxidation sites excluding steroid dienone is 1. The van der Waals surface area contributed by atoms with Gasteiger partial charge in [-0.3, -0.25) is 9.48 Å². The summed E-state index contributed by atoms with van der Waals surface area (Å²) in [4.78, 5) is 17.9. The molecule has 1 amide bonds. The van der Waals surface area contributed by atoms with E-state index < -0.39 is 11.7 Å². The van der Waals surface area contributed by atoms with E-state index in [-0.39, 0.29) is 23.8 Å². The van der Waals surface area contributed by atoms with Gasteiger partial charge in [-0.25, -0.2) is 9.37 Å². The predicted molar refractivity (Wildman–Crippen MR) is 126 cm³/mol. The van der Waals surface area contributed by atoms with E-state index in [2.05, 4.69) is 27.3 Å². The molecule has 0 unspecified atom stereocenters. The number of carbonyl (C=O) groups excluding carboxylic acids is 1. The van der Waals surface area contributed by atoms with E-state index in [0.29, 0.717) is 59.5 Å². The SMILES string of the molecule is C=C(c1nc(-c2cnn(CC(=O)NC)c2)cc2c1=CCCC=2N/C(=C\F)CCN(C)C)C(F)(F)F. The molecule has 1 aliphatic carbocycles. The van der Waals surface area contributed by atoms with Crippen molar-refractivity contribution in [2.45, 2.75) is 32.0 Å². The van der Waals surface area contributed by atoms with Crippen LogP contribution in [0.2, 0.25) is 0 Å². The molecule has 1 aliphatic rings. The fraction of sp³-hybridized carbons (Fsp3) is 0.375. The van der Waals surface area contributed by atoms with Gasteiger partial charge in [-0.1, -0.05) is 12.7 Å². The summed E-state index contributed by atoms with van der Waals surface area (Å²) in [6.45, 7) is 3.80. The summed E-state index contributed by atoms with van der Waals surface area (Å²) in [5.41, 5.74) is 0.242. The highest BCUT2D eigenvalue weighted by Gasteiger charge is 2.35. The topological polar surface area (TPSA) is 75.1 Å². The summed E-state index contributed by atoms with van der Waals surface area (Å²) < 4.78 is 56.0. The number of nitrogens with zero attached hydrogens (tertiary/aromatic N) is 4. The van der Waals surface area contributed by atoms with Crippen LogP contribution in [-0.4, -0.2) is 59.4 Å². The number of pyridine rings is 1. The highest BCUT2D eigenvalue weighted by atomic mass is 19.4. The van der Waals surface area contributed by atoms with Crippen LogP contribution in [0.5, 0.6) is 0 Å².